The maximum atomic E-state index is 11.1. The van der Waals surface area contributed by atoms with Crippen LogP contribution in [0, 0.1) is 0 Å². The lowest BCUT2D eigenvalue weighted by Crippen LogP contribution is -2.07. The number of carbonyl (C=O) groups is 2. The van der Waals surface area contributed by atoms with Crippen molar-refractivity contribution in [3.8, 4) is 11.5 Å². The molecule has 98 valence electrons. The summed E-state index contributed by atoms with van der Waals surface area (Å²) in [7, 11) is 1.18. The first-order chi connectivity index (χ1) is 8.20. The lowest BCUT2D eigenvalue weighted by atomic mass is 10.3. The molecule has 8 heteroatoms. The molecule has 1 rings (SSSR count). The van der Waals surface area contributed by atoms with Gasteiger partial charge in [0.2, 0.25) is 0 Å². The maximum absolute atomic E-state index is 11.1. The highest BCUT2D eigenvalue weighted by Gasteiger charge is 2.16. The highest BCUT2D eigenvalue weighted by atomic mass is 35.7. The Labute approximate surface area is 108 Å². The van der Waals surface area contributed by atoms with Crippen LogP contribution in [0.15, 0.2) is 23.1 Å². The number of hydrogen-bond donors (Lipinski definition) is 0. The number of rotatable bonds is 3. The molecule has 0 radical (unpaired) electrons. The van der Waals surface area contributed by atoms with Gasteiger partial charge in [0.25, 0.3) is 9.05 Å². The van der Waals surface area contributed by atoms with E-state index >= 15 is 0 Å². The van der Waals surface area contributed by atoms with Crippen molar-refractivity contribution in [2.45, 2.75) is 18.7 Å². The number of hydrogen-bond acceptors (Lipinski definition) is 6. The maximum Gasteiger partial charge on any atom is 0.308 e. The van der Waals surface area contributed by atoms with Crippen LogP contribution in [0.4, 0.5) is 0 Å². The molecule has 0 saturated carbocycles. The average Bonchev–Trinajstić information content (AvgIpc) is 2.17. The third-order valence-electron chi connectivity index (χ3n) is 1.70. The van der Waals surface area contributed by atoms with E-state index < -0.39 is 21.0 Å². The van der Waals surface area contributed by atoms with E-state index in [4.69, 9.17) is 20.2 Å². The van der Waals surface area contributed by atoms with Gasteiger partial charge in [0.1, 0.15) is 0 Å². The van der Waals surface area contributed by atoms with E-state index in [1.807, 2.05) is 0 Å². The lowest BCUT2D eigenvalue weighted by molar-refractivity contribution is -0.134. The van der Waals surface area contributed by atoms with Gasteiger partial charge in [-0.15, -0.1) is 0 Å². The fraction of sp³-hybridized carbons (Fsp3) is 0.200. The Morgan fingerprint density at radius 3 is 2.00 bits per heavy atom. The van der Waals surface area contributed by atoms with Crippen LogP contribution in [0.5, 0.6) is 11.5 Å². The van der Waals surface area contributed by atoms with Crippen molar-refractivity contribution >= 4 is 31.7 Å². The minimum absolute atomic E-state index is 0.0678. The van der Waals surface area contributed by atoms with Gasteiger partial charge in [-0.3, -0.25) is 9.59 Å². The molecular formula is C10H9ClO6S. The van der Waals surface area contributed by atoms with Crippen LogP contribution >= 0.6 is 10.7 Å². The van der Waals surface area contributed by atoms with Gasteiger partial charge in [0.15, 0.2) is 11.5 Å². The summed E-state index contributed by atoms with van der Waals surface area (Å²) >= 11 is 0. The molecule has 0 spiro atoms. The molecule has 0 aliphatic rings. The third kappa shape index (κ3) is 4.01. The van der Waals surface area contributed by atoms with Crippen molar-refractivity contribution in [1.82, 2.24) is 0 Å². The smallest absolute Gasteiger partial charge is 0.308 e. The standard InChI is InChI=1S/C10H9ClO6S/c1-6(12)16-9-4-3-8(18(11,14)15)5-10(9)17-7(2)13/h3-5H,1-2H3. The summed E-state index contributed by atoms with van der Waals surface area (Å²) in [5, 5.41) is 0. The van der Waals surface area contributed by atoms with Crippen LogP contribution in [0.1, 0.15) is 13.8 Å². The predicted octanol–water partition coefficient (Wildman–Crippen LogP) is 1.46. The van der Waals surface area contributed by atoms with Crippen LogP contribution in [-0.4, -0.2) is 20.4 Å². The largest absolute Gasteiger partial charge is 0.423 e. The molecule has 0 aliphatic carbocycles. The zero-order valence-electron chi connectivity index (χ0n) is 9.47. The SMILES string of the molecule is CC(=O)Oc1ccc(S(=O)(=O)Cl)cc1OC(C)=O. The summed E-state index contributed by atoms with van der Waals surface area (Å²) in [5.74, 6) is -1.58. The number of ether oxygens (including phenoxy) is 2. The van der Waals surface area contributed by atoms with Gasteiger partial charge in [-0.25, -0.2) is 8.42 Å². The number of carbonyl (C=O) groups excluding carboxylic acids is 2. The lowest BCUT2D eigenvalue weighted by Gasteiger charge is -2.09. The van der Waals surface area contributed by atoms with Crippen LogP contribution in [0.3, 0.4) is 0 Å². The van der Waals surface area contributed by atoms with E-state index in [2.05, 4.69) is 0 Å². The van der Waals surface area contributed by atoms with Crippen LogP contribution in [0.25, 0.3) is 0 Å². The molecule has 0 heterocycles. The highest BCUT2D eigenvalue weighted by molar-refractivity contribution is 8.13. The van der Waals surface area contributed by atoms with E-state index in [1.165, 1.54) is 6.07 Å². The normalized spacial score (nSPS) is 10.8. The average molecular weight is 293 g/mol. The molecule has 0 atom stereocenters. The molecular weight excluding hydrogens is 284 g/mol. The minimum Gasteiger partial charge on any atom is -0.423 e. The Hall–Kier alpha value is -1.60. The number of benzene rings is 1. The first-order valence-electron chi connectivity index (χ1n) is 4.65. The molecule has 6 nitrogen and oxygen atoms in total. The molecule has 18 heavy (non-hydrogen) atoms. The zero-order chi connectivity index (χ0) is 13.9. The molecule has 0 amide bonds. The summed E-state index contributed by atoms with van der Waals surface area (Å²) in [6.07, 6.45) is 0. The molecule has 0 fully saturated rings. The van der Waals surface area contributed by atoms with E-state index in [9.17, 15) is 18.0 Å². The van der Waals surface area contributed by atoms with Crippen molar-refractivity contribution in [2.24, 2.45) is 0 Å². The van der Waals surface area contributed by atoms with Gasteiger partial charge < -0.3 is 9.47 Å². The highest BCUT2D eigenvalue weighted by Crippen LogP contribution is 2.31. The van der Waals surface area contributed by atoms with E-state index in [1.54, 1.807) is 0 Å². The van der Waals surface area contributed by atoms with Gasteiger partial charge in [0.05, 0.1) is 4.90 Å². The predicted molar refractivity (Wildman–Crippen MR) is 62.1 cm³/mol. The second-order valence-electron chi connectivity index (χ2n) is 3.23. The van der Waals surface area contributed by atoms with E-state index in [-0.39, 0.29) is 16.4 Å². The van der Waals surface area contributed by atoms with Crippen molar-refractivity contribution < 1.29 is 27.5 Å². The summed E-state index contributed by atoms with van der Waals surface area (Å²) in [6, 6.07) is 3.31. The third-order valence-corrected chi connectivity index (χ3v) is 3.06. The Balaban J connectivity index is 3.28. The summed E-state index contributed by atoms with van der Waals surface area (Å²) in [4.78, 5) is 21.4. The molecule has 1 aromatic rings. The van der Waals surface area contributed by atoms with Crippen LogP contribution in [-0.2, 0) is 18.6 Å². The first-order valence-corrected chi connectivity index (χ1v) is 6.96. The summed E-state index contributed by atoms with van der Waals surface area (Å²) in [6.45, 7) is 2.28. The topological polar surface area (TPSA) is 86.7 Å². The Kier molecular flexibility index (Phi) is 4.31. The monoisotopic (exact) mass is 292 g/mol. The fourth-order valence-corrected chi connectivity index (χ4v) is 1.88. The fourth-order valence-electron chi connectivity index (χ4n) is 1.11. The van der Waals surface area contributed by atoms with Crippen molar-refractivity contribution in [3.63, 3.8) is 0 Å². The van der Waals surface area contributed by atoms with Crippen LogP contribution < -0.4 is 9.47 Å². The molecule has 0 aliphatic heterocycles. The van der Waals surface area contributed by atoms with Crippen molar-refractivity contribution in [3.05, 3.63) is 18.2 Å². The first kappa shape index (κ1) is 14.5. The quantitative estimate of drug-likeness (QED) is 0.476. The van der Waals surface area contributed by atoms with Gasteiger partial charge >= 0.3 is 11.9 Å². The molecule has 0 unspecified atom stereocenters. The molecule has 0 N–H and O–H groups in total. The van der Waals surface area contributed by atoms with E-state index in [0.29, 0.717) is 0 Å². The van der Waals surface area contributed by atoms with E-state index in [0.717, 1.165) is 26.0 Å². The Morgan fingerprint density at radius 2 is 1.56 bits per heavy atom. The number of esters is 2. The minimum atomic E-state index is -3.97. The summed E-state index contributed by atoms with van der Waals surface area (Å²) in [5.41, 5.74) is 0. The van der Waals surface area contributed by atoms with Crippen molar-refractivity contribution in [1.29, 1.82) is 0 Å². The van der Waals surface area contributed by atoms with Gasteiger partial charge in [0, 0.05) is 30.6 Å². The zero-order valence-corrected chi connectivity index (χ0v) is 11.0. The molecule has 0 saturated heterocycles. The molecule has 0 aromatic heterocycles. The van der Waals surface area contributed by atoms with Gasteiger partial charge in [-0.1, -0.05) is 0 Å². The van der Waals surface area contributed by atoms with Crippen molar-refractivity contribution in [2.75, 3.05) is 0 Å². The van der Waals surface area contributed by atoms with Gasteiger partial charge in [-0.05, 0) is 12.1 Å². The molecule has 1 aromatic carbocycles. The second kappa shape index (κ2) is 5.36. The van der Waals surface area contributed by atoms with Gasteiger partial charge in [-0.2, -0.15) is 0 Å². The second-order valence-corrected chi connectivity index (χ2v) is 5.80. The van der Waals surface area contributed by atoms with Crippen LogP contribution in [0.2, 0.25) is 0 Å². The summed E-state index contributed by atoms with van der Waals surface area (Å²) < 4.78 is 31.7. The molecule has 0 bridgehead atoms. The Morgan fingerprint density at radius 1 is 1.06 bits per heavy atom. The Bertz CT molecular complexity index is 592. The number of halogens is 1.